The molecule has 0 bridgehead atoms. The Morgan fingerprint density at radius 3 is 1.93 bits per heavy atom. The first-order valence-electron chi connectivity index (χ1n) is 5.81. The van der Waals surface area contributed by atoms with Gasteiger partial charge in [-0.2, -0.15) is 0 Å². The number of hydrogen-bond donors (Lipinski definition) is 0. The molecule has 0 saturated heterocycles. The van der Waals surface area contributed by atoms with Crippen molar-refractivity contribution in [1.29, 1.82) is 0 Å². The second kappa shape index (κ2) is 6.83. The minimum absolute atomic E-state index is 0.147. The average Bonchev–Trinajstić information content (AvgIpc) is 2.00. The molecule has 0 aliphatic carbocycles. The molecule has 0 aliphatic rings. The van der Waals surface area contributed by atoms with Crippen LogP contribution in [-0.2, 0) is 9.22 Å². The van der Waals surface area contributed by atoms with E-state index in [-0.39, 0.29) is 5.97 Å². The summed E-state index contributed by atoms with van der Waals surface area (Å²) in [6.45, 7) is 10.3. The third-order valence-electron chi connectivity index (χ3n) is 1.87. The first-order chi connectivity index (χ1) is 6.89. The maximum atomic E-state index is 11.6. The summed E-state index contributed by atoms with van der Waals surface area (Å²) in [5, 5.41) is 0. The maximum Gasteiger partial charge on any atom is 0.317 e. The molecule has 0 aromatic rings. The lowest BCUT2D eigenvalue weighted by atomic mass is 10.1. The van der Waals surface area contributed by atoms with Crippen molar-refractivity contribution >= 4 is 14.3 Å². The Morgan fingerprint density at radius 2 is 1.60 bits per heavy atom. The smallest absolute Gasteiger partial charge is 0.317 e. The lowest BCUT2D eigenvalue weighted by molar-refractivity contribution is -0.129. The van der Waals surface area contributed by atoms with Gasteiger partial charge in [-0.05, 0) is 32.5 Å². The van der Waals surface area contributed by atoms with Crippen molar-refractivity contribution in [3.63, 3.8) is 0 Å². The topological polar surface area (TPSA) is 26.3 Å². The predicted molar refractivity (Wildman–Crippen MR) is 67.3 cm³/mol. The van der Waals surface area contributed by atoms with E-state index in [9.17, 15) is 4.79 Å². The second-order valence-electron chi connectivity index (χ2n) is 4.84. The van der Waals surface area contributed by atoms with Crippen molar-refractivity contribution in [3.05, 3.63) is 11.6 Å². The van der Waals surface area contributed by atoms with Gasteiger partial charge >= 0.3 is 5.97 Å². The minimum Gasteiger partial charge on any atom is -0.517 e. The van der Waals surface area contributed by atoms with E-state index < -0.39 is 8.32 Å². The molecule has 15 heavy (non-hydrogen) atoms. The Labute approximate surface area is 94.8 Å². The summed E-state index contributed by atoms with van der Waals surface area (Å²) < 4.78 is 5.38. The van der Waals surface area contributed by atoms with Crippen LogP contribution in [0.3, 0.4) is 0 Å². The molecule has 0 aromatic heterocycles. The zero-order chi connectivity index (χ0) is 11.9. The van der Waals surface area contributed by atoms with Gasteiger partial charge in [-0.15, -0.1) is 0 Å². The molecule has 0 aliphatic heterocycles. The highest BCUT2D eigenvalue weighted by molar-refractivity contribution is 6.71. The molecule has 88 valence electrons. The highest BCUT2D eigenvalue weighted by Crippen LogP contribution is 2.13. The number of carbonyl (C=O) groups excluding carboxylic acids is 1. The van der Waals surface area contributed by atoms with Crippen molar-refractivity contribution in [2.75, 3.05) is 0 Å². The van der Waals surface area contributed by atoms with Crippen LogP contribution in [0.5, 0.6) is 0 Å². The van der Waals surface area contributed by atoms with Crippen LogP contribution >= 0.6 is 0 Å². The Kier molecular flexibility index (Phi) is 6.57. The molecule has 2 nitrogen and oxygen atoms in total. The minimum atomic E-state index is -1.73. The van der Waals surface area contributed by atoms with Gasteiger partial charge in [0.15, 0.2) is 0 Å². The van der Waals surface area contributed by atoms with E-state index in [2.05, 4.69) is 13.8 Å². The highest BCUT2D eigenvalue weighted by atomic mass is 28.4. The van der Waals surface area contributed by atoms with E-state index in [1.54, 1.807) is 6.08 Å². The summed E-state index contributed by atoms with van der Waals surface area (Å²) in [5.74, 6) is -0.147. The third kappa shape index (κ3) is 8.42. The van der Waals surface area contributed by atoms with E-state index in [1.165, 1.54) is 5.57 Å². The Morgan fingerprint density at radius 1 is 1.13 bits per heavy atom. The first kappa shape index (κ1) is 14.4. The van der Waals surface area contributed by atoms with Crippen LogP contribution < -0.4 is 0 Å². The van der Waals surface area contributed by atoms with Gasteiger partial charge in [0.2, 0.25) is 8.32 Å². The van der Waals surface area contributed by atoms with Crippen molar-refractivity contribution < 1.29 is 9.22 Å². The summed E-state index contributed by atoms with van der Waals surface area (Å²) in [5.41, 5.74) is 1.23. The summed E-state index contributed by atoms with van der Waals surface area (Å²) in [6, 6.07) is 0. The van der Waals surface area contributed by atoms with Crippen LogP contribution in [0.15, 0.2) is 11.6 Å². The second-order valence-corrected chi connectivity index (χ2v) is 9.26. The molecular formula is C12H24O2Si. The number of allylic oxidation sites excluding steroid dienone is 1. The molecule has 0 fully saturated rings. The van der Waals surface area contributed by atoms with Gasteiger partial charge in [0.1, 0.15) is 0 Å². The fourth-order valence-corrected chi connectivity index (χ4v) is 2.07. The van der Waals surface area contributed by atoms with Crippen LogP contribution in [-0.4, -0.2) is 14.3 Å². The van der Waals surface area contributed by atoms with Crippen LogP contribution in [0.1, 0.15) is 39.5 Å². The molecular weight excluding hydrogens is 204 g/mol. The lowest BCUT2D eigenvalue weighted by Crippen LogP contribution is -2.28. The van der Waals surface area contributed by atoms with Gasteiger partial charge in [-0.25, -0.2) is 4.79 Å². The molecule has 0 saturated carbocycles. The number of rotatable bonds is 6. The van der Waals surface area contributed by atoms with E-state index in [0.717, 1.165) is 25.7 Å². The molecule has 3 heteroatoms. The summed E-state index contributed by atoms with van der Waals surface area (Å²) >= 11 is 0. The van der Waals surface area contributed by atoms with E-state index >= 15 is 0 Å². The van der Waals surface area contributed by atoms with E-state index in [4.69, 9.17) is 4.43 Å². The Bertz CT molecular complexity index is 218. The number of carbonyl (C=O) groups is 1. The Hall–Kier alpha value is -0.573. The molecule has 0 rings (SSSR count). The van der Waals surface area contributed by atoms with Crippen LogP contribution in [0, 0.1) is 0 Å². The SMILES string of the molecule is CCCC(=CC(=O)O[Si](C)(C)C)CCC. The summed E-state index contributed by atoms with van der Waals surface area (Å²) in [4.78, 5) is 11.6. The van der Waals surface area contributed by atoms with Crippen LogP contribution in [0.2, 0.25) is 19.6 Å². The van der Waals surface area contributed by atoms with E-state index in [0.29, 0.717) is 0 Å². The fourth-order valence-electron chi connectivity index (χ4n) is 1.41. The van der Waals surface area contributed by atoms with Gasteiger partial charge in [0, 0.05) is 6.08 Å². The normalized spacial score (nSPS) is 11.0. The molecule has 0 atom stereocenters. The predicted octanol–water partition coefficient (Wildman–Crippen LogP) is 3.89. The van der Waals surface area contributed by atoms with Gasteiger partial charge in [0.25, 0.3) is 0 Å². The van der Waals surface area contributed by atoms with Gasteiger partial charge in [-0.1, -0.05) is 32.3 Å². The monoisotopic (exact) mass is 228 g/mol. The maximum absolute atomic E-state index is 11.6. The standard InChI is InChI=1S/C12H24O2Si/c1-6-8-11(9-7-2)10-12(13)14-15(3,4)5/h10H,6-9H2,1-5H3. The van der Waals surface area contributed by atoms with Gasteiger partial charge in [-0.3, -0.25) is 0 Å². The molecule has 0 heterocycles. The molecule has 0 unspecified atom stereocenters. The molecule has 0 spiro atoms. The molecule has 0 N–H and O–H groups in total. The van der Waals surface area contributed by atoms with Crippen molar-refractivity contribution in [2.24, 2.45) is 0 Å². The lowest BCUT2D eigenvalue weighted by Gasteiger charge is -2.16. The van der Waals surface area contributed by atoms with Crippen LogP contribution in [0.25, 0.3) is 0 Å². The fraction of sp³-hybridized carbons (Fsp3) is 0.750. The molecule has 0 radical (unpaired) electrons. The summed E-state index contributed by atoms with van der Waals surface area (Å²) in [7, 11) is -1.73. The third-order valence-corrected chi connectivity index (χ3v) is 2.68. The van der Waals surface area contributed by atoms with Gasteiger partial charge in [0.05, 0.1) is 0 Å². The van der Waals surface area contributed by atoms with E-state index in [1.807, 2.05) is 19.6 Å². The quantitative estimate of drug-likeness (QED) is 0.509. The van der Waals surface area contributed by atoms with Crippen molar-refractivity contribution in [2.45, 2.75) is 59.2 Å². The molecule has 0 aromatic carbocycles. The zero-order valence-corrected chi connectivity index (χ0v) is 11.7. The number of hydrogen-bond acceptors (Lipinski definition) is 2. The highest BCUT2D eigenvalue weighted by Gasteiger charge is 2.18. The molecule has 0 amide bonds. The summed E-state index contributed by atoms with van der Waals surface area (Å²) in [6.07, 6.45) is 5.90. The van der Waals surface area contributed by atoms with Crippen molar-refractivity contribution in [3.8, 4) is 0 Å². The first-order valence-corrected chi connectivity index (χ1v) is 9.22. The van der Waals surface area contributed by atoms with Crippen molar-refractivity contribution in [1.82, 2.24) is 0 Å². The van der Waals surface area contributed by atoms with Crippen LogP contribution in [0.4, 0.5) is 0 Å². The largest absolute Gasteiger partial charge is 0.517 e. The van der Waals surface area contributed by atoms with Gasteiger partial charge < -0.3 is 4.43 Å². The zero-order valence-electron chi connectivity index (χ0n) is 10.7. The Balaban J connectivity index is 4.33. The average molecular weight is 228 g/mol.